The highest BCUT2D eigenvalue weighted by atomic mass is 32.2. The Morgan fingerprint density at radius 2 is 1.89 bits per heavy atom. The molecule has 0 fully saturated rings. The van der Waals surface area contributed by atoms with Gasteiger partial charge in [0.25, 0.3) is 11.5 Å². The number of fused-ring (bicyclic) bond motifs is 3. The predicted octanol–water partition coefficient (Wildman–Crippen LogP) is 5.90. The molecule has 0 saturated heterocycles. The molecule has 196 valence electrons. The first kappa shape index (κ1) is 26.2. The number of nitrogens with zero attached hydrogens (tertiary/aromatic N) is 3. The first-order valence-corrected chi connectivity index (χ1v) is 13.8. The van der Waals surface area contributed by atoms with Gasteiger partial charge in [0.1, 0.15) is 4.83 Å². The molecule has 0 radical (unpaired) electrons. The number of thioether (sulfide) groups is 1. The molecule has 1 aliphatic carbocycles. The van der Waals surface area contributed by atoms with E-state index >= 15 is 0 Å². The summed E-state index contributed by atoms with van der Waals surface area (Å²) in [5.74, 6) is -0.668. The molecule has 2 heterocycles. The minimum absolute atomic E-state index is 0.132. The lowest BCUT2D eigenvalue weighted by atomic mass is 9.97. The number of aryl methyl sites for hydroxylation is 3. The summed E-state index contributed by atoms with van der Waals surface area (Å²) in [6, 6.07) is 12.5. The fraction of sp³-hybridized carbons (Fsp3) is 0.259. The summed E-state index contributed by atoms with van der Waals surface area (Å²) >= 11 is 2.61. The van der Waals surface area contributed by atoms with Crippen LogP contribution in [0.25, 0.3) is 15.9 Å². The zero-order valence-electron chi connectivity index (χ0n) is 20.3. The topological polar surface area (TPSA) is 76.3 Å². The third kappa shape index (κ3) is 5.39. The van der Waals surface area contributed by atoms with Crippen LogP contribution in [0.5, 0.6) is 0 Å². The summed E-state index contributed by atoms with van der Waals surface area (Å²) in [4.78, 5) is 32.9. The third-order valence-electron chi connectivity index (χ3n) is 6.24. The number of carbonyl (C=O) groups is 1. The van der Waals surface area contributed by atoms with E-state index in [9.17, 15) is 22.8 Å². The van der Waals surface area contributed by atoms with Crippen molar-refractivity contribution in [3.63, 3.8) is 0 Å². The number of hydrogen-bond acceptors (Lipinski definition) is 6. The molecule has 5 rings (SSSR count). The molecular formula is C27H23F3N4O2S2. The van der Waals surface area contributed by atoms with Crippen LogP contribution in [0.1, 0.15) is 40.0 Å². The van der Waals surface area contributed by atoms with E-state index < -0.39 is 17.6 Å². The molecular weight excluding hydrogens is 533 g/mol. The molecule has 4 aromatic rings. The number of halogens is 3. The van der Waals surface area contributed by atoms with Crippen LogP contribution in [0.4, 0.5) is 13.2 Å². The molecule has 2 aromatic heterocycles. The van der Waals surface area contributed by atoms with Gasteiger partial charge in [0, 0.05) is 10.4 Å². The number of benzene rings is 2. The lowest BCUT2D eigenvalue weighted by Crippen LogP contribution is -2.24. The Bertz CT molecular complexity index is 1590. The molecule has 1 N–H and O–H groups in total. The second-order valence-electron chi connectivity index (χ2n) is 8.93. The quantitative estimate of drug-likeness (QED) is 0.139. The van der Waals surface area contributed by atoms with Crippen LogP contribution in [0.3, 0.4) is 0 Å². The second kappa shape index (κ2) is 10.7. The van der Waals surface area contributed by atoms with Gasteiger partial charge in [0.05, 0.1) is 28.6 Å². The van der Waals surface area contributed by atoms with E-state index in [-0.39, 0.29) is 16.9 Å². The molecule has 1 aliphatic rings. The zero-order valence-corrected chi connectivity index (χ0v) is 22.0. The van der Waals surface area contributed by atoms with Crippen LogP contribution >= 0.6 is 23.1 Å². The van der Waals surface area contributed by atoms with E-state index in [1.807, 2.05) is 31.2 Å². The van der Waals surface area contributed by atoms with Gasteiger partial charge in [0.15, 0.2) is 5.16 Å². The Balaban J connectivity index is 1.41. The average Bonchev–Trinajstić information content (AvgIpc) is 3.27. The molecule has 11 heteroatoms. The number of amides is 1. The number of aromatic nitrogens is 2. The molecule has 0 bridgehead atoms. The van der Waals surface area contributed by atoms with E-state index in [0.29, 0.717) is 21.1 Å². The van der Waals surface area contributed by atoms with Gasteiger partial charge < -0.3 is 0 Å². The number of alkyl halides is 3. The molecule has 2 aromatic carbocycles. The molecule has 0 atom stereocenters. The standard InChI is InChI=1S/C27H23F3N4O2S2/c1-16-10-12-18(13-11-16)34-25(36)23-19-7-3-5-9-21(19)38-24(23)32-26(34)37-15-22(35)33-31-14-17-6-2-4-8-20(17)27(28,29)30/h2,4,6,8,10-14H,3,5,7,9,15H2,1H3,(H,33,35)/b31-14+. The van der Waals surface area contributed by atoms with Crippen molar-refractivity contribution in [3.8, 4) is 5.69 Å². The highest BCUT2D eigenvalue weighted by Gasteiger charge is 2.32. The first-order valence-electron chi connectivity index (χ1n) is 12.0. The van der Waals surface area contributed by atoms with Crippen LogP contribution in [-0.2, 0) is 23.8 Å². The number of carbonyl (C=O) groups excluding carboxylic acids is 1. The third-order valence-corrected chi connectivity index (χ3v) is 8.37. The molecule has 1 amide bonds. The first-order chi connectivity index (χ1) is 18.2. The maximum atomic E-state index is 13.8. The fourth-order valence-electron chi connectivity index (χ4n) is 4.41. The predicted molar refractivity (Wildman–Crippen MR) is 145 cm³/mol. The van der Waals surface area contributed by atoms with Gasteiger partial charge in [-0.15, -0.1) is 11.3 Å². The van der Waals surface area contributed by atoms with E-state index in [0.717, 1.165) is 60.9 Å². The Kier molecular flexibility index (Phi) is 7.40. The van der Waals surface area contributed by atoms with Crippen LogP contribution < -0.4 is 11.0 Å². The van der Waals surface area contributed by atoms with Crippen molar-refractivity contribution in [1.29, 1.82) is 0 Å². The van der Waals surface area contributed by atoms with Gasteiger partial charge in [-0.25, -0.2) is 10.4 Å². The largest absolute Gasteiger partial charge is 0.417 e. The SMILES string of the molecule is Cc1ccc(-n2c(SCC(=O)N/N=C/c3ccccc3C(F)(F)F)nc3sc4c(c3c2=O)CCCC4)cc1. The van der Waals surface area contributed by atoms with Crippen molar-refractivity contribution in [2.24, 2.45) is 5.10 Å². The van der Waals surface area contributed by atoms with Gasteiger partial charge >= 0.3 is 6.18 Å². The molecule has 0 aliphatic heterocycles. The minimum atomic E-state index is -4.53. The molecule has 0 spiro atoms. The van der Waals surface area contributed by atoms with Crippen molar-refractivity contribution in [2.45, 2.75) is 43.9 Å². The Morgan fingerprint density at radius 1 is 1.16 bits per heavy atom. The summed E-state index contributed by atoms with van der Waals surface area (Å²) in [5, 5.41) is 4.72. The second-order valence-corrected chi connectivity index (χ2v) is 11.0. The number of nitrogens with one attached hydrogen (secondary N) is 1. The van der Waals surface area contributed by atoms with Crippen molar-refractivity contribution in [3.05, 3.63) is 86.0 Å². The highest BCUT2D eigenvalue weighted by molar-refractivity contribution is 7.99. The van der Waals surface area contributed by atoms with Crippen LogP contribution in [0.15, 0.2) is 63.6 Å². The Labute approximate surface area is 224 Å². The molecule has 0 saturated carbocycles. The van der Waals surface area contributed by atoms with E-state index in [2.05, 4.69) is 10.5 Å². The van der Waals surface area contributed by atoms with Crippen LogP contribution in [0, 0.1) is 6.92 Å². The van der Waals surface area contributed by atoms with Gasteiger partial charge in [-0.3, -0.25) is 14.2 Å². The summed E-state index contributed by atoms with van der Waals surface area (Å²) < 4.78 is 41.1. The van der Waals surface area contributed by atoms with E-state index in [1.165, 1.54) is 39.0 Å². The molecule has 0 unspecified atom stereocenters. The molecule has 6 nitrogen and oxygen atoms in total. The van der Waals surface area contributed by atoms with Gasteiger partial charge in [-0.1, -0.05) is 47.7 Å². The Morgan fingerprint density at radius 3 is 2.66 bits per heavy atom. The maximum absolute atomic E-state index is 13.8. The summed E-state index contributed by atoms with van der Waals surface area (Å²) in [6.07, 6.45) is 0.335. The Hall–Kier alpha value is -3.44. The summed E-state index contributed by atoms with van der Waals surface area (Å²) in [5.41, 5.74) is 3.88. The lowest BCUT2D eigenvalue weighted by molar-refractivity contribution is -0.137. The van der Waals surface area contributed by atoms with E-state index in [1.54, 1.807) is 0 Å². The number of rotatable bonds is 6. The highest BCUT2D eigenvalue weighted by Crippen LogP contribution is 2.35. The monoisotopic (exact) mass is 556 g/mol. The number of hydrogen-bond donors (Lipinski definition) is 1. The van der Waals surface area contributed by atoms with Gasteiger partial charge in [0.2, 0.25) is 0 Å². The fourth-order valence-corrected chi connectivity index (χ4v) is 6.52. The van der Waals surface area contributed by atoms with Crippen LogP contribution in [-0.4, -0.2) is 27.4 Å². The zero-order chi connectivity index (χ0) is 26.9. The smallest absolute Gasteiger partial charge is 0.272 e. The minimum Gasteiger partial charge on any atom is -0.272 e. The number of thiophene rings is 1. The van der Waals surface area contributed by atoms with Gasteiger partial charge in [-0.2, -0.15) is 18.3 Å². The van der Waals surface area contributed by atoms with Crippen molar-refractivity contribution < 1.29 is 18.0 Å². The average molecular weight is 557 g/mol. The van der Waals surface area contributed by atoms with E-state index in [4.69, 9.17) is 4.98 Å². The normalized spacial score (nSPS) is 13.7. The summed E-state index contributed by atoms with van der Waals surface area (Å²) in [6.45, 7) is 1.96. The van der Waals surface area contributed by atoms with Crippen molar-refractivity contribution >= 4 is 45.4 Å². The van der Waals surface area contributed by atoms with Crippen molar-refractivity contribution in [2.75, 3.05) is 5.75 Å². The maximum Gasteiger partial charge on any atom is 0.417 e. The summed E-state index contributed by atoms with van der Waals surface area (Å²) in [7, 11) is 0. The molecule has 38 heavy (non-hydrogen) atoms. The van der Waals surface area contributed by atoms with Crippen LogP contribution in [0.2, 0.25) is 0 Å². The lowest BCUT2D eigenvalue weighted by Gasteiger charge is -2.13. The number of hydrazone groups is 1. The van der Waals surface area contributed by atoms with Gasteiger partial charge in [-0.05, 0) is 56.4 Å². The van der Waals surface area contributed by atoms with Crippen molar-refractivity contribution in [1.82, 2.24) is 15.0 Å².